The van der Waals surface area contributed by atoms with Gasteiger partial charge in [0.2, 0.25) is 5.78 Å². The van der Waals surface area contributed by atoms with Crippen LogP contribution in [-0.2, 0) is 19.1 Å². The summed E-state index contributed by atoms with van der Waals surface area (Å²) < 4.78 is 6.17. The maximum atomic E-state index is 13.9. The van der Waals surface area contributed by atoms with Gasteiger partial charge in [-0.3, -0.25) is 19.2 Å². The average Bonchev–Trinajstić information content (AvgIpc) is 3.12. The lowest BCUT2D eigenvalue weighted by atomic mass is 9.56. The number of nitrogens with two attached hydrogens (primary N) is 1. The molecule has 10 heteroatoms. The third kappa shape index (κ3) is 4.01. The molecule has 0 spiro atoms. The number of ketones is 2. The monoisotopic (exact) mass is 591 g/mol. The molecule has 228 valence electrons. The van der Waals surface area contributed by atoms with Crippen molar-refractivity contribution in [3.63, 3.8) is 0 Å². The molecule has 4 fully saturated rings. The van der Waals surface area contributed by atoms with E-state index in [0.717, 1.165) is 19.3 Å². The molecule has 10 nitrogen and oxygen atoms in total. The third-order valence-corrected chi connectivity index (χ3v) is 11.6. The Morgan fingerprint density at radius 1 is 1.00 bits per heavy atom. The number of aliphatic hydroxyl groups is 3. The number of phenols is 1. The Morgan fingerprint density at radius 2 is 1.65 bits per heavy atom. The van der Waals surface area contributed by atoms with E-state index in [1.54, 1.807) is 19.1 Å². The Hall–Kier alpha value is -3.66. The van der Waals surface area contributed by atoms with Crippen LogP contribution in [0.4, 0.5) is 0 Å². The van der Waals surface area contributed by atoms with E-state index < -0.39 is 76.4 Å². The second-order valence-corrected chi connectivity index (χ2v) is 13.9. The van der Waals surface area contributed by atoms with Gasteiger partial charge in [-0.15, -0.1) is 0 Å². The number of allylic oxidation sites excluding steroid dienone is 1. The number of phenolic OH excluding ortho intramolecular Hbond substituents is 1. The van der Waals surface area contributed by atoms with E-state index in [2.05, 4.69) is 0 Å². The van der Waals surface area contributed by atoms with Gasteiger partial charge in [0.1, 0.15) is 28.9 Å². The first-order valence-electron chi connectivity index (χ1n) is 15.4. The number of carbonyl (C=O) groups excluding carboxylic acids is 4. The van der Waals surface area contributed by atoms with Crippen LogP contribution in [0.25, 0.3) is 0 Å². The predicted octanol–water partition coefficient (Wildman–Crippen LogP) is 3.52. The van der Waals surface area contributed by atoms with Crippen molar-refractivity contribution in [3.8, 4) is 5.75 Å². The molecule has 8 atom stereocenters. The van der Waals surface area contributed by atoms with Crippen LogP contribution in [0.15, 0.2) is 40.9 Å². The molecule has 1 amide bonds. The summed E-state index contributed by atoms with van der Waals surface area (Å²) >= 11 is 0. The average molecular weight is 592 g/mol. The molecule has 4 bridgehead atoms. The molecule has 6 N–H and O–H groups in total. The van der Waals surface area contributed by atoms with E-state index in [-0.39, 0.29) is 29.2 Å². The number of ether oxygens (including phenoxy) is 1. The first-order chi connectivity index (χ1) is 20.4. The molecule has 0 aromatic heterocycles. The van der Waals surface area contributed by atoms with Gasteiger partial charge < -0.3 is 30.9 Å². The van der Waals surface area contributed by atoms with Crippen LogP contribution in [0, 0.1) is 41.4 Å². The van der Waals surface area contributed by atoms with Gasteiger partial charge in [-0.25, -0.2) is 0 Å². The summed E-state index contributed by atoms with van der Waals surface area (Å²) in [6, 6.07) is 4.57. The highest BCUT2D eigenvalue weighted by atomic mass is 16.5. The number of amides is 1. The SMILES string of the molecule is C[C@H]1c2cccc(O)c2C(=O)C2=C(O)[C@]3(O)C(=O)C(C(N)=O)=C(O)C[C@@H]3[C@@H](OC(=O)CC3CC4CC5CC(C4)CC3C5)[C@@H]21. The summed E-state index contributed by atoms with van der Waals surface area (Å²) in [5.74, 6) is -6.39. The second kappa shape index (κ2) is 9.67. The van der Waals surface area contributed by atoms with Crippen LogP contribution in [0.5, 0.6) is 5.75 Å². The quantitative estimate of drug-likeness (QED) is 0.258. The van der Waals surface area contributed by atoms with Gasteiger partial charge in [0.15, 0.2) is 11.4 Å². The maximum absolute atomic E-state index is 13.9. The zero-order valence-electron chi connectivity index (χ0n) is 24.0. The van der Waals surface area contributed by atoms with E-state index in [4.69, 9.17) is 10.5 Å². The predicted molar refractivity (Wildman–Crippen MR) is 151 cm³/mol. The van der Waals surface area contributed by atoms with Crippen LogP contribution in [0.2, 0.25) is 0 Å². The number of esters is 1. The number of Topliss-reactive ketones (excluding diaryl/α,β-unsaturated/α-hetero) is 2. The highest BCUT2D eigenvalue weighted by molar-refractivity contribution is 6.24. The first kappa shape index (κ1) is 28.1. The lowest BCUT2D eigenvalue weighted by molar-refractivity contribution is -0.175. The standard InChI is InChI=1S/C33H37NO9/c1-13-19-3-2-4-21(35)25(19)28(38)27-24(13)29(20-12-22(36)26(32(34)41)30(39)33(20,42)31(27)40)43-23(37)11-18-10-16-6-14-5-15(7-16)9-17(18)8-14/h2-4,13-18,20,24,29,35-36,40,42H,5-12H2,1H3,(H2,34,41)/t13-,14?,15?,16?,17?,18?,20+,24+,29+,33+/m0/s1. The second-order valence-electron chi connectivity index (χ2n) is 13.9. The number of hydrogen-bond acceptors (Lipinski definition) is 9. The van der Waals surface area contributed by atoms with Crippen molar-refractivity contribution in [2.45, 2.75) is 75.9 Å². The molecule has 43 heavy (non-hydrogen) atoms. The van der Waals surface area contributed by atoms with Crippen molar-refractivity contribution in [3.05, 3.63) is 52.0 Å². The molecule has 7 aliphatic carbocycles. The molecule has 1 aromatic carbocycles. The maximum Gasteiger partial charge on any atom is 0.306 e. The fraction of sp³-hybridized carbons (Fsp3) is 0.576. The number of primary amides is 1. The minimum Gasteiger partial charge on any atom is -0.511 e. The summed E-state index contributed by atoms with van der Waals surface area (Å²) in [6.45, 7) is 1.75. The highest BCUT2D eigenvalue weighted by Crippen LogP contribution is 2.57. The van der Waals surface area contributed by atoms with Gasteiger partial charge >= 0.3 is 5.97 Å². The van der Waals surface area contributed by atoms with Crippen LogP contribution in [0.1, 0.15) is 80.1 Å². The topological polar surface area (TPSA) is 184 Å². The molecule has 8 rings (SSSR count). The van der Waals surface area contributed by atoms with Crippen molar-refractivity contribution >= 4 is 23.4 Å². The molecular weight excluding hydrogens is 554 g/mol. The van der Waals surface area contributed by atoms with Crippen molar-refractivity contribution in [1.82, 2.24) is 0 Å². The number of aliphatic hydroxyl groups excluding tert-OH is 2. The van der Waals surface area contributed by atoms with Gasteiger partial charge in [-0.05, 0) is 85.7 Å². The Balaban J connectivity index is 1.30. The molecule has 3 unspecified atom stereocenters. The Bertz CT molecular complexity index is 1510. The first-order valence-corrected chi connectivity index (χ1v) is 15.4. The van der Waals surface area contributed by atoms with Crippen molar-refractivity contribution in [2.75, 3.05) is 0 Å². The van der Waals surface area contributed by atoms with Gasteiger partial charge in [0.05, 0.1) is 5.56 Å². The summed E-state index contributed by atoms with van der Waals surface area (Å²) in [5, 5.41) is 44.7. The number of rotatable bonds is 4. The molecule has 0 aliphatic heterocycles. The Labute approximate surface area is 248 Å². The van der Waals surface area contributed by atoms with Gasteiger partial charge in [-0.1, -0.05) is 19.1 Å². The van der Waals surface area contributed by atoms with E-state index >= 15 is 0 Å². The minimum atomic E-state index is -2.86. The zero-order valence-corrected chi connectivity index (χ0v) is 24.0. The molecular formula is C33H37NO9. The Kier molecular flexibility index (Phi) is 6.33. The van der Waals surface area contributed by atoms with E-state index in [9.17, 15) is 39.6 Å². The largest absolute Gasteiger partial charge is 0.511 e. The molecule has 0 heterocycles. The fourth-order valence-corrected chi connectivity index (χ4v) is 9.98. The van der Waals surface area contributed by atoms with Crippen molar-refractivity contribution in [2.24, 2.45) is 47.2 Å². The van der Waals surface area contributed by atoms with E-state index in [1.807, 2.05) is 0 Å². The zero-order chi connectivity index (χ0) is 30.5. The number of aromatic hydroxyl groups is 1. The van der Waals surface area contributed by atoms with E-state index in [0.29, 0.717) is 29.2 Å². The molecule has 1 aromatic rings. The fourth-order valence-electron chi connectivity index (χ4n) is 9.98. The molecule has 0 radical (unpaired) electrons. The smallest absolute Gasteiger partial charge is 0.306 e. The van der Waals surface area contributed by atoms with E-state index in [1.165, 1.54) is 25.3 Å². The van der Waals surface area contributed by atoms with Gasteiger partial charge in [-0.2, -0.15) is 0 Å². The minimum absolute atomic E-state index is 0.0824. The summed E-state index contributed by atoms with van der Waals surface area (Å²) in [6.07, 6.45) is 5.20. The molecule has 0 saturated heterocycles. The normalized spacial score (nSPS) is 39.6. The molecule has 7 aliphatic rings. The number of fused-ring (bicyclic) bond motifs is 4. The summed E-state index contributed by atoms with van der Waals surface area (Å²) in [4.78, 5) is 53.4. The Morgan fingerprint density at radius 3 is 2.30 bits per heavy atom. The van der Waals surface area contributed by atoms with Crippen molar-refractivity contribution in [1.29, 1.82) is 0 Å². The van der Waals surface area contributed by atoms with Gasteiger partial charge in [0.25, 0.3) is 5.91 Å². The summed E-state index contributed by atoms with van der Waals surface area (Å²) in [7, 11) is 0. The van der Waals surface area contributed by atoms with Crippen molar-refractivity contribution < 1.29 is 44.3 Å². The number of hydrogen-bond donors (Lipinski definition) is 5. The van der Waals surface area contributed by atoms with Crippen LogP contribution in [-0.4, -0.2) is 55.6 Å². The number of carbonyl (C=O) groups is 4. The lowest BCUT2D eigenvalue weighted by Crippen LogP contribution is -2.63. The third-order valence-electron chi connectivity index (χ3n) is 11.6. The number of benzene rings is 1. The lowest BCUT2D eigenvalue weighted by Gasteiger charge is -2.51. The van der Waals surface area contributed by atoms with Crippen LogP contribution in [0.3, 0.4) is 0 Å². The van der Waals surface area contributed by atoms with Gasteiger partial charge in [0, 0.05) is 30.3 Å². The highest BCUT2D eigenvalue weighted by Gasteiger charge is 2.65. The van der Waals surface area contributed by atoms with Crippen LogP contribution >= 0.6 is 0 Å². The summed E-state index contributed by atoms with van der Waals surface area (Å²) in [5.41, 5.74) is 1.65. The van der Waals surface area contributed by atoms with Crippen LogP contribution < -0.4 is 5.73 Å². The molecule has 4 saturated carbocycles.